The second kappa shape index (κ2) is 3.79. The summed E-state index contributed by atoms with van der Waals surface area (Å²) in [6, 6.07) is 5.76. The summed E-state index contributed by atoms with van der Waals surface area (Å²) in [5.41, 5.74) is 0.878. The van der Waals surface area contributed by atoms with E-state index in [0.29, 0.717) is 16.1 Å². The van der Waals surface area contributed by atoms with Gasteiger partial charge in [0.2, 0.25) is 0 Å². The largest absolute Gasteiger partial charge is 0.366 e. The molecule has 4 heteroatoms. The van der Waals surface area contributed by atoms with Crippen LogP contribution in [0.3, 0.4) is 0 Å². The topological polar surface area (TPSA) is 24.4 Å². The second-order valence-corrected chi connectivity index (χ2v) is 4.20. The summed E-state index contributed by atoms with van der Waals surface area (Å²) in [7, 11) is 0. The molecule has 0 aromatic heterocycles. The van der Waals surface area contributed by atoms with Gasteiger partial charge in [-0.25, -0.2) is 0 Å². The molecule has 2 rings (SSSR count). The normalized spacial score (nSPS) is 20.5. The molecule has 0 amide bonds. The molecular weight excluding hydrogens is 219 g/mol. The molecule has 0 bridgehead atoms. The van der Waals surface area contributed by atoms with E-state index in [1.54, 1.807) is 12.1 Å². The number of rotatable bonds is 1. The monoisotopic (exact) mass is 228 g/mol. The number of nitrogens with zero attached hydrogens (tertiary/aromatic N) is 1. The molecule has 0 saturated carbocycles. The first-order valence-corrected chi connectivity index (χ1v) is 5.19. The highest BCUT2D eigenvalue weighted by Gasteiger charge is 2.16. The van der Waals surface area contributed by atoms with Crippen LogP contribution in [0, 0.1) is 0 Å². The minimum atomic E-state index is 0.375. The van der Waals surface area contributed by atoms with Crippen LogP contribution in [0.15, 0.2) is 23.2 Å². The number of nitrogens with one attached hydrogen (secondary N) is 1. The molecule has 1 heterocycles. The molecule has 1 unspecified atom stereocenters. The van der Waals surface area contributed by atoms with Gasteiger partial charge in [-0.15, -0.1) is 0 Å². The Balaban J connectivity index is 2.36. The van der Waals surface area contributed by atoms with Crippen LogP contribution < -0.4 is 5.32 Å². The highest BCUT2D eigenvalue weighted by atomic mass is 35.5. The third-order valence-electron chi connectivity index (χ3n) is 2.09. The van der Waals surface area contributed by atoms with Crippen molar-refractivity contribution in [2.24, 2.45) is 4.99 Å². The van der Waals surface area contributed by atoms with Gasteiger partial charge in [-0.3, -0.25) is 4.99 Å². The summed E-state index contributed by atoms with van der Waals surface area (Å²) >= 11 is 11.9. The van der Waals surface area contributed by atoms with E-state index in [1.807, 2.05) is 6.07 Å². The van der Waals surface area contributed by atoms with Gasteiger partial charge in [0.1, 0.15) is 5.84 Å². The summed E-state index contributed by atoms with van der Waals surface area (Å²) in [6.45, 7) is 2.87. The van der Waals surface area contributed by atoms with Crippen molar-refractivity contribution in [2.75, 3.05) is 6.54 Å². The van der Waals surface area contributed by atoms with Crippen molar-refractivity contribution in [1.29, 1.82) is 0 Å². The summed E-state index contributed by atoms with van der Waals surface area (Å²) in [5, 5.41) is 4.60. The second-order valence-electron chi connectivity index (χ2n) is 3.36. The minimum absolute atomic E-state index is 0.375. The number of hydrogen-bond acceptors (Lipinski definition) is 2. The van der Waals surface area contributed by atoms with Crippen LogP contribution in [-0.2, 0) is 0 Å². The summed E-state index contributed by atoms with van der Waals surface area (Å²) in [5.74, 6) is 0.838. The van der Waals surface area contributed by atoms with Crippen LogP contribution >= 0.6 is 23.2 Å². The van der Waals surface area contributed by atoms with Crippen molar-refractivity contribution >= 4 is 29.0 Å². The quantitative estimate of drug-likeness (QED) is 0.786. The highest BCUT2D eigenvalue weighted by molar-refractivity contribution is 6.36. The molecule has 1 atom stereocenters. The van der Waals surface area contributed by atoms with Crippen LogP contribution in [-0.4, -0.2) is 18.4 Å². The molecule has 14 heavy (non-hydrogen) atoms. The smallest absolute Gasteiger partial charge is 0.130 e. The van der Waals surface area contributed by atoms with Gasteiger partial charge in [-0.05, 0) is 25.1 Å². The van der Waals surface area contributed by atoms with Crippen molar-refractivity contribution in [2.45, 2.75) is 13.0 Å². The lowest BCUT2D eigenvalue weighted by molar-refractivity contribution is 0.726. The van der Waals surface area contributed by atoms with E-state index in [0.717, 1.165) is 17.9 Å². The van der Waals surface area contributed by atoms with Gasteiger partial charge in [0, 0.05) is 16.6 Å². The Bertz CT molecular complexity index is 388. The molecule has 1 aliphatic heterocycles. The van der Waals surface area contributed by atoms with Crippen LogP contribution in [0.5, 0.6) is 0 Å². The van der Waals surface area contributed by atoms with E-state index < -0.39 is 0 Å². The third kappa shape index (κ3) is 1.86. The molecule has 0 spiro atoms. The summed E-state index contributed by atoms with van der Waals surface area (Å²) < 4.78 is 0. The lowest BCUT2D eigenvalue weighted by atomic mass is 10.2. The van der Waals surface area contributed by atoms with Crippen LogP contribution in [0.25, 0.3) is 0 Å². The van der Waals surface area contributed by atoms with E-state index >= 15 is 0 Å². The van der Waals surface area contributed by atoms with Gasteiger partial charge < -0.3 is 5.32 Å². The maximum absolute atomic E-state index is 6.04. The zero-order valence-electron chi connectivity index (χ0n) is 7.72. The highest BCUT2D eigenvalue weighted by Crippen LogP contribution is 2.21. The Labute approximate surface area is 92.9 Å². The Kier molecular flexibility index (Phi) is 2.66. The van der Waals surface area contributed by atoms with Crippen LogP contribution in [0.4, 0.5) is 0 Å². The maximum atomic E-state index is 6.04. The Morgan fingerprint density at radius 1 is 1.43 bits per heavy atom. The molecular formula is C10H10Cl2N2. The number of benzene rings is 1. The van der Waals surface area contributed by atoms with Crippen molar-refractivity contribution in [3.05, 3.63) is 33.8 Å². The first kappa shape index (κ1) is 9.81. The lowest BCUT2D eigenvalue weighted by Gasteiger charge is -2.07. The van der Waals surface area contributed by atoms with E-state index in [-0.39, 0.29) is 0 Å². The molecule has 1 aromatic carbocycles. The van der Waals surface area contributed by atoms with Gasteiger partial charge in [-0.2, -0.15) is 0 Å². The predicted octanol–water partition coefficient (Wildman–Crippen LogP) is 2.73. The van der Waals surface area contributed by atoms with E-state index in [1.165, 1.54) is 0 Å². The van der Waals surface area contributed by atoms with Gasteiger partial charge >= 0.3 is 0 Å². The van der Waals surface area contributed by atoms with Crippen molar-refractivity contribution in [3.8, 4) is 0 Å². The molecule has 1 N–H and O–H groups in total. The fourth-order valence-corrected chi connectivity index (χ4v) is 1.77. The average Bonchev–Trinajstić information content (AvgIpc) is 2.56. The molecule has 0 aliphatic carbocycles. The fraction of sp³-hybridized carbons (Fsp3) is 0.300. The zero-order valence-corrected chi connectivity index (χ0v) is 9.23. The Morgan fingerprint density at radius 3 is 2.86 bits per heavy atom. The zero-order chi connectivity index (χ0) is 10.1. The van der Waals surface area contributed by atoms with Crippen molar-refractivity contribution in [1.82, 2.24) is 5.32 Å². The number of halogens is 2. The van der Waals surface area contributed by atoms with E-state index in [2.05, 4.69) is 17.2 Å². The molecule has 74 valence electrons. The summed E-state index contributed by atoms with van der Waals surface area (Å²) in [6.07, 6.45) is 0. The van der Waals surface area contributed by atoms with Gasteiger partial charge in [0.25, 0.3) is 0 Å². The summed E-state index contributed by atoms with van der Waals surface area (Å²) in [4.78, 5) is 4.35. The van der Waals surface area contributed by atoms with Crippen molar-refractivity contribution in [3.63, 3.8) is 0 Å². The number of hydrogen-bond donors (Lipinski definition) is 1. The molecule has 2 nitrogen and oxygen atoms in total. The SMILES string of the molecule is CC1CN=C(c2cc(Cl)ccc2Cl)N1. The first-order valence-electron chi connectivity index (χ1n) is 4.43. The molecule has 1 aromatic rings. The molecule has 0 saturated heterocycles. The molecule has 1 aliphatic rings. The Hall–Kier alpha value is -0.730. The fourth-order valence-electron chi connectivity index (χ4n) is 1.39. The predicted molar refractivity (Wildman–Crippen MR) is 60.5 cm³/mol. The Morgan fingerprint density at radius 2 is 2.21 bits per heavy atom. The van der Waals surface area contributed by atoms with E-state index in [9.17, 15) is 0 Å². The van der Waals surface area contributed by atoms with E-state index in [4.69, 9.17) is 23.2 Å². The van der Waals surface area contributed by atoms with Gasteiger partial charge in [0.15, 0.2) is 0 Å². The van der Waals surface area contributed by atoms with Crippen molar-refractivity contribution < 1.29 is 0 Å². The van der Waals surface area contributed by atoms with Gasteiger partial charge in [0.05, 0.1) is 11.6 Å². The van der Waals surface area contributed by atoms with Crippen LogP contribution in [0.2, 0.25) is 10.0 Å². The molecule has 0 fully saturated rings. The molecule has 0 radical (unpaired) electrons. The number of aliphatic imine (C=N–C) groups is 1. The van der Waals surface area contributed by atoms with Crippen LogP contribution in [0.1, 0.15) is 12.5 Å². The third-order valence-corrected chi connectivity index (χ3v) is 2.65. The maximum Gasteiger partial charge on any atom is 0.130 e. The minimum Gasteiger partial charge on any atom is -0.366 e. The first-order chi connectivity index (χ1) is 6.66. The average molecular weight is 229 g/mol. The number of amidine groups is 1. The standard InChI is InChI=1S/C10H10Cl2N2/c1-6-5-13-10(14-6)8-4-7(11)2-3-9(8)12/h2-4,6H,5H2,1H3,(H,13,14). The lowest BCUT2D eigenvalue weighted by Crippen LogP contribution is -2.27. The van der Waals surface area contributed by atoms with Gasteiger partial charge in [-0.1, -0.05) is 23.2 Å².